The summed E-state index contributed by atoms with van der Waals surface area (Å²) in [6.07, 6.45) is 3.83. The van der Waals surface area contributed by atoms with Crippen molar-refractivity contribution in [2.45, 2.75) is 50.5 Å². The third-order valence-electron chi connectivity index (χ3n) is 5.87. The SMILES string of the molecule is Cc1cc(C(=O)N2CCCC2CCc2ccccc2)cc(S(=O)(=O)N(C)C)c1C. The molecule has 1 heterocycles. The zero-order chi connectivity index (χ0) is 21.2. The summed E-state index contributed by atoms with van der Waals surface area (Å²) < 4.78 is 26.6. The molecule has 0 spiro atoms. The van der Waals surface area contributed by atoms with E-state index in [0.29, 0.717) is 11.1 Å². The van der Waals surface area contributed by atoms with Crippen LogP contribution in [0.15, 0.2) is 47.4 Å². The lowest BCUT2D eigenvalue weighted by atomic mass is 10.0. The van der Waals surface area contributed by atoms with E-state index in [1.165, 1.54) is 24.0 Å². The molecule has 6 heteroatoms. The highest BCUT2D eigenvalue weighted by molar-refractivity contribution is 7.89. The summed E-state index contributed by atoms with van der Waals surface area (Å²) in [5.74, 6) is -0.0705. The molecular weight excluding hydrogens is 384 g/mol. The standard InChI is InChI=1S/C23H30N2O3S/c1-17-15-20(16-22(18(17)2)29(27,28)24(3)4)23(26)25-14-8-11-21(25)13-12-19-9-6-5-7-10-19/h5-7,9-10,15-16,21H,8,11-14H2,1-4H3. The number of aryl methyl sites for hydroxylation is 2. The van der Waals surface area contributed by atoms with Crippen LogP contribution in [0, 0.1) is 13.8 Å². The van der Waals surface area contributed by atoms with Crippen molar-refractivity contribution in [3.05, 3.63) is 64.7 Å². The zero-order valence-electron chi connectivity index (χ0n) is 17.7. The first-order chi connectivity index (χ1) is 13.7. The van der Waals surface area contributed by atoms with Crippen LogP contribution in [0.2, 0.25) is 0 Å². The van der Waals surface area contributed by atoms with E-state index in [4.69, 9.17) is 0 Å². The molecule has 1 unspecified atom stereocenters. The summed E-state index contributed by atoms with van der Waals surface area (Å²) >= 11 is 0. The smallest absolute Gasteiger partial charge is 0.254 e. The number of hydrogen-bond acceptors (Lipinski definition) is 3. The highest BCUT2D eigenvalue weighted by Gasteiger charge is 2.31. The first-order valence-electron chi connectivity index (χ1n) is 10.1. The summed E-state index contributed by atoms with van der Waals surface area (Å²) in [7, 11) is -0.582. The number of carbonyl (C=O) groups is 1. The van der Waals surface area contributed by atoms with Crippen LogP contribution in [0.25, 0.3) is 0 Å². The minimum absolute atomic E-state index is 0.0705. The Kier molecular flexibility index (Phi) is 6.44. The fourth-order valence-electron chi connectivity index (χ4n) is 3.96. The molecule has 1 aliphatic rings. The second kappa shape index (κ2) is 8.67. The molecule has 1 amide bonds. The van der Waals surface area contributed by atoms with Crippen molar-refractivity contribution >= 4 is 15.9 Å². The van der Waals surface area contributed by atoms with E-state index in [0.717, 1.165) is 37.8 Å². The van der Waals surface area contributed by atoms with Crippen molar-refractivity contribution in [3.63, 3.8) is 0 Å². The molecule has 156 valence electrons. The number of sulfonamides is 1. The minimum atomic E-state index is -3.61. The average molecular weight is 415 g/mol. The highest BCUT2D eigenvalue weighted by Crippen LogP contribution is 2.28. The zero-order valence-corrected chi connectivity index (χ0v) is 18.5. The van der Waals surface area contributed by atoms with Gasteiger partial charge < -0.3 is 4.90 Å². The fraction of sp³-hybridized carbons (Fsp3) is 0.435. The van der Waals surface area contributed by atoms with Crippen LogP contribution in [0.4, 0.5) is 0 Å². The number of hydrogen-bond donors (Lipinski definition) is 0. The van der Waals surface area contributed by atoms with E-state index in [-0.39, 0.29) is 16.8 Å². The van der Waals surface area contributed by atoms with Gasteiger partial charge in [0.25, 0.3) is 5.91 Å². The maximum Gasteiger partial charge on any atom is 0.254 e. The first-order valence-corrected chi connectivity index (χ1v) is 11.5. The molecule has 0 aromatic heterocycles. The summed E-state index contributed by atoms with van der Waals surface area (Å²) in [4.78, 5) is 15.4. The molecule has 2 aromatic rings. The molecule has 1 fully saturated rings. The molecule has 0 N–H and O–H groups in total. The van der Waals surface area contributed by atoms with Gasteiger partial charge in [-0.25, -0.2) is 12.7 Å². The summed E-state index contributed by atoms with van der Waals surface area (Å²) in [5.41, 5.74) is 3.24. The number of benzene rings is 2. The molecule has 2 aromatic carbocycles. The molecular formula is C23H30N2O3S. The van der Waals surface area contributed by atoms with Gasteiger partial charge in [0.2, 0.25) is 10.0 Å². The van der Waals surface area contributed by atoms with Gasteiger partial charge in [-0.15, -0.1) is 0 Å². The van der Waals surface area contributed by atoms with Crippen LogP contribution in [-0.2, 0) is 16.4 Å². The molecule has 1 saturated heterocycles. The Morgan fingerprint density at radius 3 is 2.48 bits per heavy atom. The van der Waals surface area contributed by atoms with E-state index < -0.39 is 10.0 Å². The Balaban J connectivity index is 1.84. The van der Waals surface area contributed by atoms with Gasteiger partial charge in [0.15, 0.2) is 0 Å². The number of likely N-dealkylation sites (tertiary alicyclic amines) is 1. The van der Waals surface area contributed by atoms with Crippen LogP contribution in [0.5, 0.6) is 0 Å². The van der Waals surface area contributed by atoms with Gasteiger partial charge in [-0.2, -0.15) is 0 Å². The molecule has 0 radical (unpaired) electrons. The quantitative estimate of drug-likeness (QED) is 0.723. The largest absolute Gasteiger partial charge is 0.336 e. The highest BCUT2D eigenvalue weighted by atomic mass is 32.2. The normalized spacial score (nSPS) is 17.1. The van der Waals surface area contributed by atoms with Crippen molar-refractivity contribution in [2.75, 3.05) is 20.6 Å². The predicted molar refractivity (Wildman–Crippen MR) is 116 cm³/mol. The van der Waals surface area contributed by atoms with Gasteiger partial charge in [-0.1, -0.05) is 30.3 Å². The van der Waals surface area contributed by atoms with Gasteiger partial charge in [0, 0.05) is 32.2 Å². The number of rotatable bonds is 6. The average Bonchev–Trinajstić information content (AvgIpc) is 3.16. The number of carbonyl (C=O) groups excluding carboxylic acids is 1. The molecule has 1 atom stereocenters. The van der Waals surface area contributed by atoms with Crippen molar-refractivity contribution in [1.29, 1.82) is 0 Å². The lowest BCUT2D eigenvalue weighted by Crippen LogP contribution is -2.36. The lowest BCUT2D eigenvalue weighted by molar-refractivity contribution is 0.0730. The van der Waals surface area contributed by atoms with E-state index in [1.807, 2.05) is 36.1 Å². The van der Waals surface area contributed by atoms with Crippen LogP contribution in [-0.4, -0.2) is 50.2 Å². The van der Waals surface area contributed by atoms with Crippen LogP contribution < -0.4 is 0 Å². The Hall–Kier alpha value is -2.18. The molecule has 0 aliphatic carbocycles. The Bertz CT molecular complexity index is 985. The van der Waals surface area contributed by atoms with Crippen molar-refractivity contribution < 1.29 is 13.2 Å². The maximum absolute atomic E-state index is 13.3. The van der Waals surface area contributed by atoms with Gasteiger partial charge in [0.1, 0.15) is 0 Å². The maximum atomic E-state index is 13.3. The van der Waals surface area contributed by atoms with Gasteiger partial charge in [0.05, 0.1) is 4.90 Å². The predicted octanol–water partition coefficient (Wildman–Crippen LogP) is 3.79. The molecule has 5 nitrogen and oxygen atoms in total. The van der Waals surface area contributed by atoms with E-state index in [1.54, 1.807) is 13.0 Å². The van der Waals surface area contributed by atoms with Gasteiger partial charge >= 0.3 is 0 Å². The molecule has 3 rings (SSSR count). The van der Waals surface area contributed by atoms with Crippen molar-refractivity contribution in [1.82, 2.24) is 9.21 Å². The van der Waals surface area contributed by atoms with E-state index in [2.05, 4.69) is 12.1 Å². The Labute approximate surface area is 174 Å². The van der Waals surface area contributed by atoms with E-state index in [9.17, 15) is 13.2 Å². The monoisotopic (exact) mass is 414 g/mol. The minimum Gasteiger partial charge on any atom is -0.336 e. The van der Waals surface area contributed by atoms with E-state index >= 15 is 0 Å². The van der Waals surface area contributed by atoms with Crippen LogP contribution in [0.3, 0.4) is 0 Å². The summed E-state index contributed by atoms with van der Waals surface area (Å²) in [6.45, 7) is 4.37. The molecule has 0 bridgehead atoms. The third-order valence-corrected chi connectivity index (χ3v) is 7.81. The fourth-order valence-corrected chi connectivity index (χ4v) is 5.18. The lowest BCUT2D eigenvalue weighted by Gasteiger charge is -2.26. The summed E-state index contributed by atoms with van der Waals surface area (Å²) in [6, 6.07) is 13.9. The second-order valence-corrected chi connectivity index (χ2v) is 10.1. The topological polar surface area (TPSA) is 57.7 Å². The van der Waals surface area contributed by atoms with Crippen LogP contribution in [0.1, 0.15) is 46.3 Å². The number of amides is 1. The Morgan fingerprint density at radius 2 is 1.83 bits per heavy atom. The second-order valence-electron chi connectivity index (χ2n) is 8.02. The number of nitrogens with zero attached hydrogens (tertiary/aromatic N) is 2. The third kappa shape index (κ3) is 4.54. The van der Waals surface area contributed by atoms with Crippen molar-refractivity contribution in [2.24, 2.45) is 0 Å². The van der Waals surface area contributed by atoms with Gasteiger partial charge in [-0.05, 0) is 68.4 Å². The first kappa shape index (κ1) is 21.5. The van der Waals surface area contributed by atoms with Crippen molar-refractivity contribution in [3.8, 4) is 0 Å². The molecule has 29 heavy (non-hydrogen) atoms. The van der Waals surface area contributed by atoms with Gasteiger partial charge in [-0.3, -0.25) is 4.79 Å². The Morgan fingerprint density at radius 1 is 1.14 bits per heavy atom. The van der Waals surface area contributed by atoms with Crippen LogP contribution >= 0.6 is 0 Å². The summed E-state index contributed by atoms with van der Waals surface area (Å²) in [5, 5.41) is 0. The molecule has 0 saturated carbocycles. The molecule has 1 aliphatic heterocycles.